The number of piperidine rings is 1. The molecule has 1 aliphatic heterocycles. The van der Waals surface area contributed by atoms with Gasteiger partial charge in [-0.25, -0.2) is 0 Å². The van der Waals surface area contributed by atoms with E-state index in [0.717, 1.165) is 42.5 Å². The summed E-state index contributed by atoms with van der Waals surface area (Å²) in [6.07, 6.45) is 3.25. The van der Waals surface area contributed by atoms with Crippen molar-refractivity contribution < 1.29 is 4.79 Å². The molecule has 1 spiro atoms. The molecule has 3 nitrogen and oxygen atoms in total. The number of carbonyl (C=O) groups is 1. The fraction of sp³-hybridized carbons (Fsp3) is 0.500. The predicted molar refractivity (Wildman–Crippen MR) is 80.4 cm³/mol. The van der Waals surface area contributed by atoms with Crippen molar-refractivity contribution in [1.82, 2.24) is 5.32 Å². The minimum Gasteiger partial charge on any atom is -0.325 e. The summed E-state index contributed by atoms with van der Waals surface area (Å²) in [5.74, 6) is 0.297. The summed E-state index contributed by atoms with van der Waals surface area (Å²) < 4.78 is 0.755. The monoisotopic (exact) mass is 342 g/mol. The smallest absolute Gasteiger partial charge is 0.228 e. The molecule has 1 aromatic rings. The van der Waals surface area contributed by atoms with Gasteiger partial charge >= 0.3 is 0 Å². The number of amides is 1. The number of halogens is 2. The zero-order valence-corrected chi connectivity index (χ0v) is 12.9. The molecule has 5 heteroatoms. The number of anilines is 1. The molecule has 0 aromatic heterocycles. The summed E-state index contributed by atoms with van der Waals surface area (Å²) in [7, 11) is 0. The van der Waals surface area contributed by atoms with Crippen LogP contribution in [0.15, 0.2) is 22.7 Å². The van der Waals surface area contributed by atoms with Gasteiger partial charge in [-0.3, -0.25) is 4.79 Å². The van der Waals surface area contributed by atoms with Crippen molar-refractivity contribution in [2.75, 3.05) is 18.4 Å². The van der Waals surface area contributed by atoms with Crippen LogP contribution in [0, 0.1) is 11.3 Å². The molecule has 1 atom stereocenters. The van der Waals surface area contributed by atoms with E-state index in [1.807, 2.05) is 12.1 Å². The highest BCUT2D eigenvalue weighted by atomic mass is 79.9. The fourth-order valence-electron chi connectivity index (χ4n) is 3.02. The number of hydrogen-bond acceptors (Lipinski definition) is 2. The standard InChI is InChI=1S/C14H16BrClN2O/c15-12-10(16)2-1-3-11(12)18-13(19)9-8-14(9)4-6-17-7-5-14/h1-3,9,17H,4-8H2,(H,18,19). The van der Waals surface area contributed by atoms with E-state index in [4.69, 9.17) is 11.6 Å². The van der Waals surface area contributed by atoms with Gasteiger partial charge in [0.15, 0.2) is 0 Å². The number of benzene rings is 1. The lowest BCUT2D eigenvalue weighted by atomic mass is 9.92. The number of nitrogens with one attached hydrogen (secondary N) is 2. The third-order valence-corrected chi connectivity index (χ3v) is 5.71. The van der Waals surface area contributed by atoms with Gasteiger partial charge in [0.05, 0.1) is 15.2 Å². The Morgan fingerprint density at radius 2 is 2.16 bits per heavy atom. The number of carbonyl (C=O) groups excluding carboxylic acids is 1. The van der Waals surface area contributed by atoms with Crippen molar-refractivity contribution in [3.05, 3.63) is 27.7 Å². The Bertz CT molecular complexity index is 514. The van der Waals surface area contributed by atoms with E-state index in [2.05, 4.69) is 26.6 Å². The van der Waals surface area contributed by atoms with E-state index >= 15 is 0 Å². The zero-order valence-electron chi connectivity index (χ0n) is 10.5. The minimum atomic E-state index is 0.130. The van der Waals surface area contributed by atoms with Gasteiger partial charge in [-0.15, -0.1) is 0 Å². The molecule has 2 N–H and O–H groups in total. The maximum Gasteiger partial charge on any atom is 0.228 e. The number of hydrogen-bond donors (Lipinski definition) is 2. The molecule has 0 bridgehead atoms. The highest BCUT2D eigenvalue weighted by Gasteiger charge is 2.57. The molecule has 102 valence electrons. The molecular formula is C14H16BrClN2O. The van der Waals surface area contributed by atoms with E-state index in [1.54, 1.807) is 6.07 Å². The van der Waals surface area contributed by atoms with Gasteiger partial charge in [0.2, 0.25) is 5.91 Å². The van der Waals surface area contributed by atoms with Crippen molar-refractivity contribution in [2.24, 2.45) is 11.3 Å². The highest BCUT2D eigenvalue weighted by Crippen LogP contribution is 2.58. The molecule has 1 aliphatic carbocycles. The Morgan fingerprint density at radius 3 is 2.89 bits per heavy atom. The molecule has 1 aromatic carbocycles. The number of rotatable bonds is 2. The first kappa shape index (κ1) is 13.4. The molecule has 1 unspecified atom stereocenters. The lowest BCUT2D eigenvalue weighted by molar-refractivity contribution is -0.118. The van der Waals surface area contributed by atoms with Crippen LogP contribution in [0.4, 0.5) is 5.69 Å². The average Bonchev–Trinajstić information content (AvgIpc) is 3.09. The Balaban J connectivity index is 1.68. The van der Waals surface area contributed by atoms with Gasteiger partial charge in [-0.05, 0) is 65.8 Å². The molecule has 1 saturated heterocycles. The van der Waals surface area contributed by atoms with Gasteiger partial charge in [0.25, 0.3) is 0 Å². The predicted octanol–water partition coefficient (Wildman–Crippen LogP) is 3.43. The molecule has 19 heavy (non-hydrogen) atoms. The van der Waals surface area contributed by atoms with Gasteiger partial charge in [0.1, 0.15) is 0 Å². The van der Waals surface area contributed by atoms with Crippen LogP contribution in [0.5, 0.6) is 0 Å². The van der Waals surface area contributed by atoms with Crippen LogP contribution >= 0.6 is 27.5 Å². The van der Waals surface area contributed by atoms with Crippen LogP contribution in [0.1, 0.15) is 19.3 Å². The van der Waals surface area contributed by atoms with Crippen molar-refractivity contribution >= 4 is 39.1 Å². The Hall–Kier alpha value is -0.580. The van der Waals surface area contributed by atoms with Crippen LogP contribution in [-0.4, -0.2) is 19.0 Å². The van der Waals surface area contributed by atoms with E-state index in [0.29, 0.717) is 5.02 Å². The molecule has 0 radical (unpaired) electrons. The molecule has 1 saturated carbocycles. The van der Waals surface area contributed by atoms with Crippen LogP contribution in [0.25, 0.3) is 0 Å². The largest absolute Gasteiger partial charge is 0.325 e. The van der Waals surface area contributed by atoms with E-state index in [9.17, 15) is 4.79 Å². The van der Waals surface area contributed by atoms with E-state index in [-0.39, 0.29) is 17.2 Å². The summed E-state index contributed by atoms with van der Waals surface area (Å²) in [5.41, 5.74) is 1.02. The first-order valence-corrected chi connectivity index (χ1v) is 7.75. The highest BCUT2D eigenvalue weighted by molar-refractivity contribution is 9.10. The molecule has 1 amide bonds. The summed E-state index contributed by atoms with van der Waals surface area (Å²) >= 11 is 9.44. The van der Waals surface area contributed by atoms with Gasteiger partial charge < -0.3 is 10.6 Å². The van der Waals surface area contributed by atoms with Gasteiger partial charge in [0, 0.05) is 5.92 Å². The zero-order chi connectivity index (χ0) is 13.5. The van der Waals surface area contributed by atoms with Gasteiger partial charge in [-0.2, -0.15) is 0 Å². The lowest BCUT2D eigenvalue weighted by Gasteiger charge is -2.23. The second-order valence-electron chi connectivity index (χ2n) is 5.46. The van der Waals surface area contributed by atoms with Crippen LogP contribution in [-0.2, 0) is 4.79 Å². The second kappa shape index (κ2) is 5.08. The van der Waals surface area contributed by atoms with Gasteiger partial charge in [-0.1, -0.05) is 17.7 Å². The third-order valence-electron chi connectivity index (χ3n) is 4.32. The van der Waals surface area contributed by atoms with E-state index in [1.165, 1.54) is 0 Å². The lowest BCUT2D eigenvalue weighted by Crippen LogP contribution is -2.31. The Kier molecular flexibility index (Phi) is 3.58. The molecular weight excluding hydrogens is 328 g/mol. The summed E-state index contributed by atoms with van der Waals surface area (Å²) in [6, 6.07) is 5.51. The maximum atomic E-state index is 12.3. The van der Waals surface area contributed by atoms with Crippen molar-refractivity contribution in [3.63, 3.8) is 0 Å². The summed E-state index contributed by atoms with van der Waals surface area (Å²) in [5, 5.41) is 6.96. The summed E-state index contributed by atoms with van der Waals surface area (Å²) in [4.78, 5) is 12.3. The van der Waals surface area contributed by atoms with Crippen LogP contribution in [0.3, 0.4) is 0 Å². The first-order valence-electron chi connectivity index (χ1n) is 6.58. The third kappa shape index (κ3) is 2.54. The Morgan fingerprint density at radius 1 is 1.42 bits per heavy atom. The normalized spacial score (nSPS) is 24.2. The van der Waals surface area contributed by atoms with E-state index < -0.39 is 0 Å². The van der Waals surface area contributed by atoms with Crippen LogP contribution < -0.4 is 10.6 Å². The van der Waals surface area contributed by atoms with Crippen LogP contribution in [0.2, 0.25) is 5.02 Å². The second-order valence-corrected chi connectivity index (χ2v) is 6.66. The minimum absolute atomic E-state index is 0.130. The topological polar surface area (TPSA) is 41.1 Å². The maximum absolute atomic E-state index is 12.3. The fourth-order valence-corrected chi connectivity index (χ4v) is 3.55. The summed E-state index contributed by atoms with van der Waals surface area (Å²) in [6.45, 7) is 2.06. The molecule has 2 fully saturated rings. The van der Waals surface area contributed by atoms with Crippen molar-refractivity contribution in [2.45, 2.75) is 19.3 Å². The average molecular weight is 344 g/mol. The molecule has 3 rings (SSSR count). The molecule has 2 aliphatic rings. The van der Waals surface area contributed by atoms with Crippen molar-refractivity contribution in [1.29, 1.82) is 0 Å². The molecule has 1 heterocycles. The quantitative estimate of drug-likeness (QED) is 0.864. The van der Waals surface area contributed by atoms with Crippen molar-refractivity contribution in [3.8, 4) is 0 Å². The first-order chi connectivity index (χ1) is 9.12. The Labute approximate surface area is 126 Å². The SMILES string of the molecule is O=C(Nc1cccc(Cl)c1Br)C1CC12CCNCC2.